The minimum absolute atomic E-state index is 0.663. The fraction of sp³-hybridized carbons (Fsp3) is 0.857. The molecule has 0 spiro atoms. The third-order valence-electron chi connectivity index (χ3n) is 1.74. The molecule has 1 saturated heterocycles. The zero-order chi connectivity index (χ0) is 9.52. The van der Waals surface area contributed by atoms with E-state index in [1.807, 2.05) is 23.5 Å². The van der Waals surface area contributed by atoms with Crippen LogP contribution in [0.25, 0.3) is 0 Å². The number of guanidine groups is 1. The third kappa shape index (κ3) is 4.10. The van der Waals surface area contributed by atoms with Gasteiger partial charge in [-0.05, 0) is 0 Å². The van der Waals surface area contributed by atoms with E-state index in [1.54, 1.807) is 7.05 Å². The van der Waals surface area contributed by atoms with Crippen LogP contribution in [0.1, 0.15) is 0 Å². The number of thioether (sulfide) groups is 2. The fourth-order valence-electron chi connectivity index (χ4n) is 1.06. The first-order valence-electron chi connectivity index (χ1n) is 4.23. The summed E-state index contributed by atoms with van der Waals surface area (Å²) in [6, 6.07) is 0. The number of nitrogens with two attached hydrogens (primary N) is 1. The van der Waals surface area contributed by atoms with E-state index in [1.165, 1.54) is 17.3 Å². The Balaban J connectivity index is 2.16. The lowest BCUT2D eigenvalue weighted by Gasteiger charge is -2.21. The Morgan fingerprint density at radius 3 is 3.00 bits per heavy atom. The van der Waals surface area contributed by atoms with Gasteiger partial charge in [0, 0.05) is 36.1 Å². The molecule has 0 radical (unpaired) electrons. The summed E-state index contributed by atoms with van der Waals surface area (Å²) in [7, 11) is 1.71. The Labute approximate surface area is 87.5 Å². The van der Waals surface area contributed by atoms with E-state index in [9.17, 15) is 0 Å². The normalized spacial score (nSPS) is 24.2. The van der Waals surface area contributed by atoms with Crippen molar-refractivity contribution in [3.63, 3.8) is 0 Å². The van der Waals surface area contributed by atoms with Crippen molar-refractivity contribution in [2.24, 2.45) is 10.8 Å². The first kappa shape index (κ1) is 11.0. The quantitative estimate of drug-likeness (QED) is 0.262. The van der Waals surface area contributed by atoms with Gasteiger partial charge in [-0.2, -0.15) is 23.5 Å². The molecule has 1 heterocycles. The van der Waals surface area contributed by atoms with Crippen molar-refractivity contribution < 1.29 is 0 Å². The zero-order valence-electron chi connectivity index (χ0n) is 7.75. The maximum atomic E-state index is 5.24. The molecule has 0 amide bonds. The van der Waals surface area contributed by atoms with Crippen LogP contribution in [0.4, 0.5) is 0 Å². The van der Waals surface area contributed by atoms with Crippen molar-refractivity contribution in [1.82, 2.24) is 10.7 Å². The Morgan fingerprint density at radius 1 is 1.62 bits per heavy atom. The average Bonchev–Trinajstić information content (AvgIpc) is 2.21. The summed E-state index contributed by atoms with van der Waals surface area (Å²) in [4.78, 5) is 3.94. The molecule has 13 heavy (non-hydrogen) atoms. The third-order valence-corrected chi connectivity index (χ3v) is 4.59. The summed E-state index contributed by atoms with van der Waals surface area (Å²) in [5.41, 5.74) is 2.51. The number of nitrogens with one attached hydrogen (secondary N) is 2. The monoisotopic (exact) mass is 220 g/mol. The minimum atomic E-state index is 0.663. The molecule has 1 rings (SSSR count). The first-order chi connectivity index (χ1) is 6.36. The average molecular weight is 220 g/mol. The van der Waals surface area contributed by atoms with Gasteiger partial charge in [-0.3, -0.25) is 10.4 Å². The Hall–Kier alpha value is -0.0700. The second-order valence-electron chi connectivity index (χ2n) is 2.67. The SMILES string of the molecule is CN=C(NN)NCC1CSCCS1. The lowest BCUT2D eigenvalue weighted by Crippen LogP contribution is -2.44. The van der Waals surface area contributed by atoms with E-state index in [-0.39, 0.29) is 0 Å². The maximum absolute atomic E-state index is 5.24. The second kappa shape index (κ2) is 6.39. The van der Waals surface area contributed by atoms with Crippen LogP contribution in [0.15, 0.2) is 4.99 Å². The van der Waals surface area contributed by atoms with Gasteiger partial charge < -0.3 is 5.32 Å². The van der Waals surface area contributed by atoms with Crippen molar-refractivity contribution in [3.05, 3.63) is 0 Å². The van der Waals surface area contributed by atoms with Crippen LogP contribution in [0, 0.1) is 0 Å². The molecule has 0 aromatic rings. The molecule has 76 valence electrons. The molecule has 1 aliphatic heterocycles. The fourth-order valence-corrected chi connectivity index (χ4v) is 3.67. The summed E-state index contributed by atoms with van der Waals surface area (Å²) >= 11 is 4.04. The molecule has 1 aliphatic rings. The number of aliphatic imine (C=N–C) groups is 1. The van der Waals surface area contributed by atoms with Crippen LogP contribution < -0.4 is 16.6 Å². The lowest BCUT2D eigenvalue weighted by atomic mass is 10.5. The number of hydrogen-bond donors (Lipinski definition) is 3. The van der Waals surface area contributed by atoms with Crippen molar-refractivity contribution >= 4 is 29.5 Å². The predicted octanol–water partition coefficient (Wildman–Crippen LogP) is -0.126. The van der Waals surface area contributed by atoms with Gasteiger partial charge in [0.2, 0.25) is 5.96 Å². The van der Waals surface area contributed by atoms with Crippen LogP contribution in [0.2, 0.25) is 0 Å². The van der Waals surface area contributed by atoms with Crippen LogP contribution >= 0.6 is 23.5 Å². The van der Waals surface area contributed by atoms with Gasteiger partial charge in [0.15, 0.2) is 0 Å². The van der Waals surface area contributed by atoms with Crippen LogP contribution in [0.3, 0.4) is 0 Å². The highest BCUT2D eigenvalue weighted by Crippen LogP contribution is 2.23. The van der Waals surface area contributed by atoms with Crippen molar-refractivity contribution in [3.8, 4) is 0 Å². The van der Waals surface area contributed by atoms with E-state index in [0.29, 0.717) is 11.2 Å². The molecule has 1 fully saturated rings. The molecule has 6 heteroatoms. The lowest BCUT2D eigenvalue weighted by molar-refractivity contribution is 0.813. The molecule has 4 nitrogen and oxygen atoms in total. The minimum Gasteiger partial charge on any atom is -0.354 e. The molecule has 0 aromatic heterocycles. The topological polar surface area (TPSA) is 62.4 Å². The predicted molar refractivity (Wildman–Crippen MR) is 62.3 cm³/mol. The molecular weight excluding hydrogens is 204 g/mol. The summed E-state index contributed by atoms with van der Waals surface area (Å²) in [6.07, 6.45) is 0. The van der Waals surface area contributed by atoms with Gasteiger partial charge >= 0.3 is 0 Å². The molecule has 0 aliphatic carbocycles. The summed E-state index contributed by atoms with van der Waals surface area (Å²) < 4.78 is 0. The second-order valence-corrected chi connectivity index (χ2v) is 5.22. The van der Waals surface area contributed by atoms with E-state index in [2.05, 4.69) is 15.7 Å². The van der Waals surface area contributed by atoms with E-state index in [4.69, 9.17) is 5.84 Å². The molecule has 0 saturated carbocycles. The number of hydrazine groups is 1. The summed E-state index contributed by atoms with van der Waals surface area (Å²) in [5.74, 6) is 9.67. The molecule has 1 unspecified atom stereocenters. The summed E-state index contributed by atoms with van der Waals surface area (Å²) in [6.45, 7) is 0.939. The van der Waals surface area contributed by atoms with E-state index < -0.39 is 0 Å². The highest BCUT2D eigenvalue weighted by molar-refractivity contribution is 8.06. The van der Waals surface area contributed by atoms with Gasteiger partial charge in [-0.1, -0.05) is 0 Å². The van der Waals surface area contributed by atoms with Gasteiger partial charge in [-0.25, -0.2) is 5.84 Å². The first-order valence-corrected chi connectivity index (χ1v) is 6.43. The maximum Gasteiger partial charge on any atom is 0.205 e. The van der Waals surface area contributed by atoms with Crippen molar-refractivity contribution in [2.75, 3.05) is 30.9 Å². The Kier molecular flexibility index (Phi) is 5.41. The summed E-state index contributed by atoms with van der Waals surface area (Å²) in [5, 5.41) is 3.85. The highest BCUT2D eigenvalue weighted by Gasteiger charge is 2.13. The Bertz CT molecular complexity index is 168. The van der Waals surface area contributed by atoms with Gasteiger partial charge in [0.25, 0.3) is 0 Å². The van der Waals surface area contributed by atoms with Gasteiger partial charge in [0.05, 0.1) is 0 Å². The highest BCUT2D eigenvalue weighted by atomic mass is 32.2. The van der Waals surface area contributed by atoms with Crippen LogP contribution in [0.5, 0.6) is 0 Å². The van der Waals surface area contributed by atoms with Gasteiger partial charge in [-0.15, -0.1) is 0 Å². The van der Waals surface area contributed by atoms with Crippen LogP contribution in [-0.4, -0.2) is 42.1 Å². The van der Waals surface area contributed by atoms with Crippen molar-refractivity contribution in [1.29, 1.82) is 0 Å². The van der Waals surface area contributed by atoms with Crippen molar-refractivity contribution in [2.45, 2.75) is 5.25 Å². The standard InChI is InChI=1S/C7H16N4S2/c1-9-7(11-8)10-4-6-5-12-2-3-13-6/h6H,2-5,8H2,1H3,(H2,9,10,11). The number of hydrogen-bond acceptors (Lipinski definition) is 4. The molecule has 0 aromatic carbocycles. The van der Waals surface area contributed by atoms with Gasteiger partial charge in [0.1, 0.15) is 0 Å². The van der Waals surface area contributed by atoms with Crippen LogP contribution in [-0.2, 0) is 0 Å². The van der Waals surface area contributed by atoms with E-state index >= 15 is 0 Å². The smallest absolute Gasteiger partial charge is 0.205 e. The molecule has 0 bridgehead atoms. The zero-order valence-corrected chi connectivity index (χ0v) is 9.38. The Morgan fingerprint density at radius 2 is 2.46 bits per heavy atom. The molecule has 4 N–H and O–H groups in total. The van der Waals surface area contributed by atoms with E-state index in [0.717, 1.165) is 6.54 Å². The number of nitrogens with zero attached hydrogens (tertiary/aromatic N) is 1. The molecular formula is C7H16N4S2. The molecule has 1 atom stereocenters. The number of rotatable bonds is 2. The largest absolute Gasteiger partial charge is 0.354 e.